The molecular weight excluding hydrogens is 304 g/mol. The first-order chi connectivity index (χ1) is 10.2. The Kier molecular flexibility index (Phi) is 4.18. The molecule has 3 rings (SSSR count). The normalized spacial score (nSPS) is 11.5. The Morgan fingerprint density at radius 2 is 2.10 bits per heavy atom. The van der Waals surface area contributed by atoms with E-state index in [1.165, 1.54) is 4.70 Å². The van der Waals surface area contributed by atoms with Gasteiger partial charge in [0.25, 0.3) is 0 Å². The summed E-state index contributed by atoms with van der Waals surface area (Å²) in [5.74, 6) is 0.183. The van der Waals surface area contributed by atoms with E-state index < -0.39 is 0 Å². The van der Waals surface area contributed by atoms with Gasteiger partial charge in [0, 0.05) is 29.8 Å². The minimum atomic E-state index is 0.183. The monoisotopic (exact) mass is 316 g/mol. The molecule has 2 aromatic carbocycles. The third kappa shape index (κ3) is 3.40. The number of aromatic hydroxyl groups is 1. The molecule has 21 heavy (non-hydrogen) atoms. The second kappa shape index (κ2) is 6.24. The molecule has 0 saturated carbocycles. The first-order valence-corrected chi connectivity index (χ1v) is 7.74. The van der Waals surface area contributed by atoms with Crippen molar-refractivity contribution < 1.29 is 5.11 Å². The predicted octanol–water partition coefficient (Wildman–Crippen LogP) is 4.32. The van der Waals surface area contributed by atoms with Gasteiger partial charge in [-0.05, 0) is 30.3 Å². The maximum absolute atomic E-state index is 9.69. The standard InChI is InChI=1S/C16H13ClN2OS/c17-12-5-6-14(20)11(9-12)10-18-8-7-16-19-13-3-1-2-4-15(13)21-16/h1-6,9-10,20H,7-8H2. The van der Waals surface area contributed by atoms with Crippen molar-refractivity contribution in [1.29, 1.82) is 0 Å². The second-order valence-corrected chi connectivity index (χ2v) is 6.12. The Bertz CT molecular complexity index is 765. The van der Waals surface area contributed by atoms with Gasteiger partial charge in [-0.2, -0.15) is 0 Å². The number of para-hydroxylation sites is 1. The molecule has 0 fully saturated rings. The largest absolute Gasteiger partial charge is 0.507 e. The van der Waals surface area contributed by atoms with Crippen LogP contribution >= 0.6 is 22.9 Å². The maximum atomic E-state index is 9.69. The average Bonchev–Trinajstić information content (AvgIpc) is 2.89. The van der Waals surface area contributed by atoms with Crippen LogP contribution in [0.2, 0.25) is 5.02 Å². The molecule has 3 nitrogen and oxygen atoms in total. The average molecular weight is 317 g/mol. The Hall–Kier alpha value is -1.91. The van der Waals surface area contributed by atoms with E-state index in [-0.39, 0.29) is 5.75 Å². The van der Waals surface area contributed by atoms with Gasteiger partial charge in [-0.3, -0.25) is 4.99 Å². The smallest absolute Gasteiger partial charge is 0.124 e. The number of hydrogen-bond acceptors (Lipinski definition) is 4. The lowest BCUT2D eigenvalue weighted by Gasteiger charge is -1.98. The van der Waals surface area contributed by atoms with Gasteiger partial charge in [-0.1, -0.05) is 23.7 Å². The first-order valence-electron chi connectivity index (χ1n) is 6.55. The minimum absolute atomic E-state index is 0.183. The van der Waals surface area contributed by atoms with Gasteiger partial charge < -0.3 is 5.11 Å². The number of thiazole rings is 1. The number of aliphatic imine (C=N–C) groups is 1. The number of aromatic nitrogens is 1. The molecule has 0 spiro atoms. The zero-order chi connectivity index (χ0) is 14.7. The lowest BCUT2D eigenvalue weighted by Crippen LogP contribution is -1.90. The van der Waals surface area contributed by atoms with Crippen LogP contribution in [0.4, 0.5) is 0 Å². The Morgan fingerprint density at radius 3 is 2.95 bits per heavy atom. The molecular formula is C16H13ClN2OS. The fraction of sp³-hybridized carbons (Fsp3) is 0.125. The maximum Gasteiger partial charge on any atom is 0.124 e. The molecule has 0 bridgehead atoms. The number of nitrogens with zero attached hydrogens (tertiary/aromatic N) is 2. The van der Waals surface area contributed by atoms with Crippen molar-refractivity contribution in [1.82, 2.24) is 4.98 Å². The van der Waals surface area contributed by atoms with Crippen LogP contribution < -0.4 is 0 Å². The fourth-order valence-corrected chi connectivity index (χ4v) is 3.12. The van der Waals surface area contributed by atoms with Gasteiger partial charge in [-0.15, -0.1) is 11.3 Å². The second-order valence-electron chi connectivity index (χ2n) is 4.56. The lowest BCUT2D eigenvalue weighted by molar-refractivity contribution is 0.474. The van der Waals surface area contributed by atoms with E-state index >= 15 is 0 Å². The van der Waals surface area contributed by atoms with Crippen LogP contribution in [0, 0.1) is 0 Å². The van der Waals surface area contributed by atoms with Crippen molar-refractivity contribution in [2.75, 3.05) is 6.54 Å². The van der Waals surface area contributed by atoms with Gasteiger partial charge in [0.15, 0.2) is 0 Å². The molecule has 0 saturated heterocycles. The van der Waals surface area contributed by atoms with Crippen LogP contribution in [0.15, 0.2) is 47.5 Å². The number of hydrogen-bond donors (Lipinski definition) is 1. The van der Waals surface area contributed by atoms with E-state index in [0.29, 0.717) is 17.1 Å². The van der Waals surface area contributed by atoms with E-state index in [1.54, 1.807) is 35.8 Å². The third-order valence-electron chi connectivity index (χ3n) is 3.01. The number of phenolic OH excluding ortho intramolecular Hbond substituents is 1. The van der Waals surface area contributed by atoms with Gasteiger partial charge in [-0.25, -0.2) is 4.98 Å². The van der Waals surface area contributed by atoms with Crippen LogP contribution in [-0.4, -0.2) is 22.8 Å². The number of benzene rings is 2. The predicted molar refractivity (Wildman–Crippen MR) is 88.9 cm³/mol. The molecule has 106 valence electrons. The third-order valence-corrected chi connectivity index (χ3v) is 4.34. The summed E-state index contributed by atoms with van der Waals surface area (Å²) < 4.78 is 1.20. The number of fused-ring (bicyclic) bond motifs is 1. The van der Waals surface area contributed by atoms with Crippen molar-refractivity contribution in [3.05, 3.63) is 58.1 Å². The van der Waals surface area contributed by atoms with Crippen LogP contribution in [0.25, 0.3) is 10.2 Å². The summed E-state index contributed by atoms with van der Waals surface area (Å²) in [5.41, 5.74) is 1.67. The number of halogens is 1. The van der Waals surface area contributed by atoms with E-state index in [1.807, 2.05) is 18.2 Å². The number of rotatable bonds is 4. The summed E-state index contributed by atoms with van der Waals surface area (Å²) >= 11 is 7.58. The summed E-state index contributed by atoms with van der Waals surface area (Å²) in [7, 11) is 0. The van der Waals surface area contributed by atoms with Crippen LogP contribution in [-0.2, 0) is 6.42 Å². The van der Waals surface area contributed by atoms with Gasteiger partial charge in [0.05, 0.1) is 15.2 Å². The van der Waals surface area contributed by atoms with Crippen LogP contribution in [0.5, 0.6) is 5.75 Å². The van der Waals surface area contributed by atoms with E-state index in [0.717, 1.165) is 16.9 Å². The topological polar surface area (TPSA) is 45.5 Å². The molecule has 0 aliphatic heterocycles. The SMILES string of the molecule is Oc1ccc(Cl)cc1C=NCCc1nc2ccccc2s1. The van der Waals surface area contributed by atoms with Gasteiger partial charge >= 0.3 is 0 Å². The van der Waals surface area contributed by atoms with Crippen LogP contribution in [0.3, 0.4) is 0 Å². The van der Waals surface area contributed by atoms with Crippen molar-refractivity contribution >= 4 is 39.4 Å². The van der Waals surface area contributed by atoms with Crippen molar-refractivity contribution in [2.24, 2.45) is 4.99 Å². The van der Waals surface area contributed by atoms with Crippen LogP contribution in [0.1, 0.15) is 10.6 Å². The molecule has 0 aliphatic rings. The molecule has 5 heteroatoms. The molecule has 3 aromatic rings. The van der Waals surface area contributed by atoms with E-state index in [9.17, 15) is 5.11 Å². The molecule has 0 aliphatic carbocycles. The van der Waals surface area contributed by atoms with E-state index in [4.69, 9.17) is 11.6 Å². The Morgan fingerprint density at radius 1 is 1.24 bits per heavy atom. The molecule has 1 N–H and O–H groups in total. The van der Waals surface area contributed by atoms with Gasteiger partial charge in [0.2, 0.25) is 0 Å². The fourth-order valence-electron chi connectivity index (χ4n) is 1.98. The quantitative estimate of drug-likeness (QED) is 0.729. The molecule has 0 amide bonds. The molecule has 0 unspecified atom stereocenters. The lowest BCUT2D eigenvalue weighted by atomic mass is 10.2. The summed E-state index contributed by atoms with van der Waals surface area (Å²) in [4.78, 5) is 8.90. The Balaban J connectivity index is 1.65. The molecule has 1 aromatic heterocycles. The highest BCUT2D eigenvalue weighted by Crippen LogP contribution is 2.22. The highest BCUT2D eigenvalue weighted by atomic mass is 35.5. The summed E-state index contributed by atoms with van der Waals surface area (Å²) in [5, 5.41) is 11.3. The van der Waals surface area contributed by atoms with Gasteiger partial charge in [0.1, 0.15) is 5.75 Å². The molecule has 1 heterocycles. The summed E-state index contributed by atoms with van der Waals surface area (Å²) in [6.45, 7) is 0.631. The highest BCUT2D eigenvalue weighted by Gasteiger charge is 2.02. The summed E-state index contributed by atoms with van der Waals surface area (Å²) in [6, 6.07) is 13.0. The van der Waals surface area contributed by atoms with Crippen molar-refractivity contribution in [3.8, 4) is 5.75 Å². The van der Waals surface area contributed by atoms with Crippen molar-refractivity contribution in [3.63, 3.8) is 0 Å². The molecule has 0 atom stereocenters. The number of phenols is 1. The minimum Gasteiger partial charge on any atom is -0.507 e. The zero-order valence-corrected chi connectivity index (χ0v) is 12.7. The van der Waals surface area contributed by atoms with E-state index in [2.05, 4.69) is 16.0 Å². The van der Waals surface area contributed by atoms with Crippen molar-refractivity contribution in [2.45, 2.75) is 6.42 Å². The summed E-state index contributed by atoms with van der Waals surface area (Å²) in [6.07, 6.45) is 2.44. The highest BCUT2D eigenvalue weighted by molar-refractivity contribution is 7.18. The first kappa shape index (κ1) is 14.0. The Labute approximate surface area is 131 Å². The molecule has 0 radical (unpaired) electrons. The zero-order valence-electron chi connectivity index (χ0n) is 11.2.